The number of hydrogen-bond donors (Lipinski definition) is 0. The number of nitrogens with zero attached hydrogens (tertiary/aromatic N) is 1. The maximum Gasteiger partial charge on any atom is 0.0903 e. The first-order valence-corrected chi connectivity index (χ1v) is 6.45. The van der Waals surface area contributed by atoms with E-state index in [0.29, 0.717) is 5.41 Å². The molecule has 1 nitrogen and oxygen atoms in total. The van der Waals surface area contributed by atoms with E-state index < -0.39 is 0 Å². The van der Waals surface area contributed by atoms with E-state index in [4.69, 9.17) is 0 Å². The summed E-state index contributed by atoms with van der Waals surface area (Å²) in [7, 11) is 0. The third-order valence-electron chi connectivity index (χ3n) is 2.77. The van der Waals surface area contributed by atoms with Gasteiger partial charge >= 0.3 is 0 Å². The molecule has 0 unspecified atom stereocenters. The summed E-state index contributed by atoms with van der Waals surface area (Å²) in [5.41, 5.74) is 1.53. The topological polar surface area (TPSA) is 12.9 Å². The standard InChI is InChI=1S/C13H21NS/c1-6-11-12(15-10(3)14-11)8-9-13(4,5)7-2/h8-9H,6-7H2,1-5H3/b9-8-. The van der Waals surface area contributed by atoms with Gasteiger partial charge < -0.3 is 0 Å². The van der Waals surface area contributed by atoms with Crippen LogP contribution in [0.25, 0.3) is 6.08 Å². The van der Waals surface area contributed by atoms with Gasteiger partial charge in [-0.2, -0.15) is 0 Å². The van der Waals surface area contributed by atoms with Crippen molar-refractivity contribution >= 4 is 17.4 Å². The van der Waals surface area contributed by atoms with Crippen molar-refractivity contribution in [3.8, 4) is 0 Å². The Bertz CT molecular complexity index is 347. The first-order valence-electron chi connectivity index (χ1n) is 5.64. The van der Waals surface area contributed by atoms with Gasteiger partial charge in [0.25, 0.3) is 0 Å². The van der Waals surface area contributed by atoms with Crippen molar-refractivity contribution in [1.82, 2.24) is 4.98 Å². The highest BCUT2D eigenvalue weighted by molar-refractivity contribution is 7.12. The highest BCUT2D eigenvalue weighted by atomic mass is 32.1. The van der Waals surface area contributed by atoms with E-state index in [2.05, 4.69) is 51.8 Å². The summed E-state index contributed by atoms with van der Waals surface area (Å²) in [6, 6.07) is 0. The summed E-state index contributed by atoms with van der Waals surface area (Å²) in [4.78, 5) is 5.85. The van der Waals surface area contributed by atoms with Crippen molar-refractivity contribution in [3.63, 3.8) is 0 Å². The van der Waals surface area contributed by atoms with Crippen molar-refractivity contribution < 1.29 is 0 Å². The second kappa shape index (κ2) is 4.93. The maximum absolute atomic E-state index is 4.52. The first kappa shape index (κ1) is 12.4. The molecule has 0 aliphatic rings. The molecule has 1 heterocycles. The molecule has 0 bridgehead atoms. The average Bonchev–Trinajstić information content (AvgIpc) is 2.56. The van der Waals surface area contributed by atoms with Crippen LogP contribution in [0.5, 0.6) is 0 Å². The largest absolute Gasteiger partial charge is 0.246 e. The minimum absolute atomic E-state index is 0.295. The molecule has 0 amide bonds. The molecule has 0 N–H and O–H groups in total. The van der Waals surface area contributed by atoms with E-state index in [0.717, 1.165) is 6.42 Å². The fourth-order valence-corrected chi connectivity index (χ4v) is 2.21. The van der Waals surface area contributed by atoms with Gasteiger partial charge in [0.15, 0.2) is 0 Å². The zero-order chi connectivity index (χ0) is 11.5. The lowest BCUT2D eigenvalue weighted by atomic mass is 9.90. The normalized spacial score (nSPS) is 12.6. The van der Waals surface area contributed by atoms with Crippen LogP contribution in [0.2, 0.25) is 0 Å². The van der Waals surface area contributed by atoms with Crippen LogP contribution in [-0.4, -0.2) is 4.98 Å². The van der Waals surface area contributed by atoms with Gasteiger partial charge in [0, 0.05) is 0 Å². The van der Waals surface area contributed by atoms with Gasteiger partial charge in [-0.15, -0.1) is 11.3 Å². The van der Waals surface area contributed by atoms with Crippen molar-refractivity contribution in [3.05, 3.63) is 21.7 Å². The van der Waals surface area contributed by atoms with Crippen LogP contribution in [0.1, 0.15) is 49.7 Å². The Balaban J connectivity index is 2.88. The minimum atomic E-state index is 0.295. The molecule has 0 radical (unpaired) electrons. The molecule has 1 aromatic heterocycles. The third-order valence-corrected chi connectivity index (χ3v) is 3.74. The monoisotopic (exact) mass is 223 g/mol. The van der Waals surface area contributed by atoms with Crippen molar-refractivity contribution in [1.29, 1.82) is 0 Å². The zero-order valence-corrected chi connectivity index (χ0v) is 11.2. The van der Waals surface area contributed by atoms with Crippen LogP contribution in [0.4, 0.5) is 0 Å². The van der Waals surface area contributed by atoms with Gasteiger partial charge in [0.05, 0.1) is 15.6 Å². The predicted molar refractivity (Wildman–Crippen MR) is 69.3 cm³/mol. The number of thiazole rings is 1. The number of hydrogen-bond acceptors (Lipinski definition) is 2. The summed E-state index contributed by atoms with van der Waals surface area (Å²) in [5.74, 6) is 0. The van der Waals surface area contributed by atoms with Crippen LogP contribution < -0.4 is 0 Å². The van der Waals surface area contributed by atoms with Gasteiger partial charge in [-0.1, -0.05) is 33.8 Å². The Labute approximate surface area is 97.3 Å². The highest BCUT2D eigenvalue weighted by Crippen LogP contribution is 2.26. The summed E-state index contributed by atoms with van der Waals surface area (Å²) < 4.78 is 0. The number of allylic oxidation sites excluding steroid dienone is 1. The fraction of sp³-hybridized carbons (Fsp3) is 0.615. The first-order chi connectivity index (χ1) is 6.98. The molecular weight excluding hydrogens is 202 g/mol. The van der Waals surface area contributed by atoms with Gasteiger partial charge in [-0.3, -0.25) is 0 Å². The molecule has 0 aliphatic carbocycles. The van der Waals surface area contributed by atoms with E-state index in [1.54, 1.807) is 11.3 Å². The Morgan fingerprint density at radius 2 is 2.00 bits per heavy atom. The molecule has 0 aliphatic heterocycles. The Morgan fingerprint density at radius 3 is 2.53 bits per heavy atom. The van der Waals surface area contributed by atoms with E-state index >= 15 is 0 Å². The molecule has 84 valence electrons. The van der Waals surface area contributed by atoms with E-state index in [1.807, 2.05) is 0 Å². The van der Waals surface area contributed by atoms with Crippen molar-refractivity contribution in [2.75, 3.05) is 0 Å². The zero-order valence-electron chi connectivity index (χ0n) is 10.4. The lowest BCUT2D eigenvalue weighted by molar-refractivity contribution is 0.464. The van der Waals surface area contributed by atoms with Crippen LogP contribution >= 0.6 is 11.3 Å². The SMILES string of the molecule is CCc1nc(C)sc1/C=C\C(C)(C)CC. The lowest BCUT2D eigenvalue weighted by Crippen LogP contribution is -2.03. The molecule has 0 atom stereocenters. The quantitative estimate of drug-likeness (QED) is 0.734. The molecule has 0 spiro atoms. The second-order valence-corrected chi connectivity index (χ2v) is 5.81. The smallest absolute Gasteiger partial charge is 0.0903 e. The Kier molecular flexibility index (Phi) is 4.09. The third kappa shape index (κ3) is 3.45. The van der Waals surface area contributed by atoms with Gasteiger partial charge in [-0.05, 0) is 31.3 Å². The van der Waals surface area contributed by atoms with Crippen molar-refractivity contribution in [2.24, 2.45) is 5.41 Å². The van der Waals surface area contributed by atoms with E-state index in [9.17, 15) is 0 Å². The summed E-state index contributed by atoms with van der Waals surface area (Å²) in [5, 5.41) is 1.17. The molecular formula is C13H21NS. The van der Waals surface area contributed by atoms with E-state index in [1.165, 1.54) is 22.0 Å². The molecule has 1 aromatic rings. The Morgan fingerprint density at radius 1 is 1.33 bits per heavy atom. The molecule has 0 saturated carbocycles. The number of rotatable bonds is 4. The van der Waals surface area contributed by atoms with E-state index in [-0.39, 0.29) is 0 Å². The van der Waals surface area contributed by atoms with Crippen molar-refractivity contribution in [2.45, 2.75) is 47.5 Å². The molecule has 15 heavy (non-hydrogen) atoms. The fourth-order valence-electron chi connectivity index (χ4n) is 1.29. The summed E-state index contributed by atoms with van der Waals surface area (Å²) >= 11 is 1.79. The molecule has 1 rings (SSSR count). The molecule has 0 saturated heterocycles. The van der Waals surface area contributed by atoms with Crippen LogP contribution in [-0.2, 0) is 6.42 Å². The highest BCUT2D eigenvalue weighted by Gasteiger charge is 2.11. The minimum Gasteiger partial charge on any atom is -0.246 e. The lowest BCUT2D eigenvalue weighted by Gasteiger charge is -2.16. The number of aromatic nitrogens is 1. The van der Waals surface area contributed by atoms with Crippen LogP contribution in [0, 0.1) is 12.3 Å². The van der Waals surface area contributed by atoms with Gasteiger partial charge in [0.1, 0.15) is 0 Å². The predicted octanol–water partition coefficient (Wildman–Crippen LogP) is 4.46. The second-order valence-electron chi connectivity index (χ2n) is 4.57. The van der Waals surface area contributed by atoms with Gasteiger partial charge in [0.2, 0.25) is 0 Å². The van der Waals surface area contributed by atoms with Gasteiger partial charge in [-0.25, -0.2) is 4.98 Å². The Hall–Kier alpha value is -0.630. The average molecular weight is 223 g/mol. The number of aryl methyl sites for hydroxylation is 2. The van der Waals surface area contributed by atoms with Crippen LogP contribution in [0.15, 0.2) is 6.08 Å². The molecule has 0 fully saturated rings. The summed E-state index contributed by atoms with van der Waals surface area (Å²) in [6.07, 6.45) is 6.74. The maximum atomic E-state index is 4.52. The van der Waals surface area contributed by atoms with Crippen LogP contribution in [0.3, 0.4) is 0 Å². The molecule has 0 aromatic carbocycles. The summed E-state index contributed by atoms with van der Waals surface area (Å²) in [6.45, 7) is 11.0. The molecule has 2 heteroatoms.